The Morgan fingerprint density at radius 2 is 1.96 bits per heavy atom. The zero-order chi connectivity index (χ0) is 20.4. The van der Waals surface area contributed by atoms with Crippen molar-refractivity contribution >= 4 is 29.5 Å². The number of hydrogen-bond acceptors (Lipinski definition) is 7. The average Bonchev–Trinajstić information content (AvgIpc) is 2.98. The Hall–Kier alpha value is -1.16. The fraction of sp³-hybridized carbons (Fsp3) is 0.842. The monoisotopic (exact) mass is 416 g/mol. The molecule has 2 N–H and O–H groups in total. The van der Waals surface area contributed by atoms with Crippen LogP contribution in [0.15, 0.2) is 0 Å². The van der Waals surface area contributed by atoms with Gasteiger partial charge in [-0.15, -0.1) is 11.8 Å². The van der Waals surface area contributed by atoms with E-state index >= 15 is 0 Å². The lowest BCUT2D eigenvalue weighted by molar-refractivity contribution is -0.141. The maximum absolute atomic E-state index is 12.5. The number of imide groups is 1. The minimum atomic E-state index is -0.345. The molecule has 0 bridgehead atoms. The molecule has 160 valence electrons. The Kier molecular flexibility index (Phi) is 10.3. The molecule has 1 aliphatic carbocycles. The van der Waals surface area contributed by atoms with Gasteiger partial charge in [0.2, 0.25) is 17.7 Å². The topological polar surface area (TPSA) is 105 Å². The summed E-state index contributed by atoms with van der Waals surface area (Å²) < 4.78 is 10.2. The van der Waals surface area contributed by atoms with Gasteiger partial charge in [0.05, 0.1) is 31.7 Å². The maximum atomic E-state index is 12.5. The molecule has 0 aromatic rings. The molecular weight excluding hydrogens is 384 g/mol. The van der Waals surface area contributed by atoms with Gasteiger partial charge in [-0.3, -0.25) is 19.3 Å². The van der Waals surface area contributed by atoms with Crippen LogP contribution >= 0.6 is 11.8 Å². The third kappa shape index (κ3) is 7.02. The molecule has 2 fully saturated rings. The third-order valence-corrected chi connectivity index (χ3v) is 6.42. The summed E-state index contributed by atoms with van der Waals surface area (Å²) in [5, 5.41) is 11.5. The van der Waals surface area contributed by atoms with Crippen LogP contribution in [0.25, 0.3) is 0 Å². The summed E-state index contributed by atoms with van der Waals surface area (Å²) in [6.07, 6.45) is 3.93. The molecule has 3 amide bonds. The van der Waals surface area contributed by atoms with Crippen LogP contribution in [-0.2, 0) is 23.9 Å². The van der Waals surface area contributed by atoms with Crippen LogP contribution in [0.3, 0.4) is 0 Å². The van der Waals surface area contributed by atoms with E-state index < -0.39 is 0 Å². The number of aliphatic hydroxyl groups is 1. The zero-order valence-electron chi connectivity index (χ0n) is 16.6. The molecule has 0 radical (unpaired) electrons. The van der Waals surface area contributed by atoms with Crippen LogP contribution in [0.5, 0.6) is 0 Å². The second-order valence-electron chi connectivity index (χ2n) is 7.22. The Morgan fingerprint density at radius 3 is 2.64 bits per heavy atom. The molecule has 1 heterocycles. The van der Waals surface area contributed by atoms with Gasteiger partial charge in [0.1, 0.15) is 0 Å². The lowest BCUT2D eigenvalue weighted by Crippen LogP contribution is -2.43. The Labute approximate surface area is 170 Å². The van der Waals surface area contributed by atoms with Gasteiger partial charge in [-0.05, 0) is 31.6 Å². The van der Waals surface area contributed by atoms with Gasteiger partial charge in [0.15, 0.2) is 0 Å². The molecule has 1 atom stereocenters. The molecule has 1 saturated carbocycles. The highest BCUT2D eigenvalue weighted by Gasteiger charge is 2.43. The van der Waals surface area contributed by atoms with E-state index in [0.717, 1.165) is 25.7 Å². The van der Waals surface area contributed by atoms with Crippen LogP contribution in [0.2, 0.25) is 0 Å². The first-order chi connectivity index (χ1) is 13.6. The van der Waals surface area contributed by atoms with Crippen LogP contribution in [0, 0.1) is 5.92 Å². The summed E-state index contributed by atoms with van der Waals surface area (Å²) in [6.45, 7) is 2.03. The first kappa shape index (κ1) is 23.1. The third-order valence-electron chi connectivity index (χ3n) is 5.23. The molecular formula is C19H32N2O6S. The largest absolute Gasteiger partial charge is 0.396 e. The van der Waals surface area contributed by atoms with Gasteiger partial charge < -0.3 is 19.9 Å². The van der Waals surface area contributed by atoms with Gasteiger partial charge in [0.25, 0.3) is 0 Å². The fourth-order valence-electron chi connectivity index (χ4n) is 3.69. The maximum Gasteiger partial charge on any atom is 0.243 e. The Morgan fingerprint density at radius 1 is 1.21 bits per heavy atom. The summed E-state index contributed by atoms with van der Waals surface area (Å²) in [5.41, 5.74) is 0. The number of thioether (sulfide) groups is 1. The van der Waals surface area contributed by atoms with E-state index in [1.54, 1.807) is 7.11 Å². The Balaban J connectivity index is 1.65. The minimum absolute atomic E-state index is 0.0126. The van der Waals surface area contributed by atoms with Crippen LogP contribution < -0.4 is 5.32 Å². The normalized spacial score (nSPS) is 25.4. The number of rotatable bonds is 12. The van der Waals surface area contributed by atoms with E-state index in [9.17, 15) is 14.4 Å². The lowest BCUT2D eigenvalue weighted by atomic mass is 9.85. The number of nitrogens with one attached hydrogen (secondary N) is 1. The summed E-state index contributed by atoms with van der Waals surface area (Å²) in [7, 11) is 1.61. The molecule has 0 aromatic heterocycles. The highest BCUT2D eigenvalue weighted by molar-refractivity contribution is 8.00. The van der Waals surface area contributed by atoms with Gasteiger partial charge >= 0.3 is 0 Å². The summed E-state index contributed by atoms with van der Waals surface area (Å²) in [6, 6.07) is -0.0270. The quantitative estimate of drug-likeness (QED) is 0.354. The van der Waals surface area contributed by atoms with Crippen molar-refractivity contribution in [3.63, 3.8) is 0 Å². The summed E-state index contributed by atoms with van der Waals surface area (Å²) in [5.74, 6) is 0.635. The van der Waals surface area contributed by atoms with E-state index in [0.29, 0.717) is 44.5 Å². The molecule has 1 aliphatic heterocycles. The summed E-state index contributed by atoms with van der Waals surface area (Å²) >= 11 is 1.36. The van der Waals surface area contributed by atoms with E-state index in [1.165, 1.54) is 16.7 Å². The number of ether oxygens (including phenoxy) is 2. The predicted molar refractivity (Wildman–Crippen MR) is 106 cm³/mol. The number of hydrogen-bond donors (Lipinski definition) is 2. The second-order valence-corrected chi connectivity index (χ2v) is 8.53. The van der Waals surface area contributed by atoms with E-state index in [2.05, 4.69) is 5.32 Å². The SMILES string of the molecule is COCCOCCC(=O)NCC1CCC(N2C(=O)CC(SCCO)C2=O)CC1. The van der Waals surface area contributed by atoms with Gasteiger partial charge in [-0.1, -0.05) is 0 Å². The number of nitrogens with zero attached hydrogens (tertiary/aromatic N) is 1. The van der Waals surface area contributed by atoms with E-state index in [4.69, 9.17) is 14.6 Å². The molecule has 28 heavy (non-hydrogen) atoms. The van der Waals surface area contributed by atoms with Crippen molar-refractivity contribution in [1.29, 1.82) is 0 Å². The first-order valence-corrected chi connectivity index (χ1v) is 11.0. The fourth-order valence-corrected chi connectivity index (χ4v) is 4.60. The number of aliphatic hydroxyl groups excluding tert-OH is 1. The van der Waals surface area contributed by atoms with Crippen molar-refractivity contribution in [1.82, 2.24) is 10.2 Å². The lowest BCUT2D eigenvalue weighted by Gasteiger charge is -2.33. The van der Waals surface area contributed by atoms with Gasteiger partial charge in [-0.2, -0.15) is 0 Å². The van der Waals surface area contributed by atoms with Crippen molar-refractivity contribution in [2.24, 2.45) is 5.92 Å². The Bertz CT molecular complexity index is 525. The molecule has 0 aromatic carbocycles. The number of carbonyl (C=O) groups excluding carboxylic acids is 3. The predicted octanol–water partition coefficient (Wildman–Crippen LogP) is 0.568. The standard InChI is InChI=1S/C19H32N2O6S/c1-26-9-10-27-8-6-17(23)20-13-14-2-4-15(5-3-14)21-18(24)12-16(19(21)25)28-11-7-22/h14-16,22H,2-13H2,1H3,(H,20,23). The van der Waals surface area contributed by atoms with Crippen molar-refractivity contribution < 1.29 is 29.0 Å². The van der Waals surface area contributed by atoms with Crippen LogP contribution in [0.4, 0.5) is 0 Å². The second kappa shape index (κ2) is 12.4. The van der Waals surface area contributed by atoms with Crippen LogP contribution in [0.1, 0.15) is 38.5 Å². The van der Waals surface area contributed by atoms with Crippen molar-refractivity contribution in [3.05, 3.63) is 0 Å². The van der Waals surface area contributed by atoms with Gasteiger partial charge in [-0.25, -0.2) is 0 Å². The number of likely N-dealkylation sites (tertiary alicyclic amines) is 1. The molecule has 2 aliphatic rings. The highest BCUT2D eigenvalue weighted by atomic mass is 32.2. The van der Waals surface area contributed by atoms with E-state index in [1.807, 2.05) is 0 Å². The van der Waals surface area contributed by atoms with Crippen molar-refractivity contribution in [2.75, 3.05) is 45.8 Å². The average molecular weight is 417 g/mol. The first-order valence-electron chi connectivity index (χ1n) is 9.98. The van der Waals surface area contributed by atoms with Crippen LogP contribution in [-0.4, -0.2) is 84.9 Å². The zero-order valence-corrected chi connectivity index (χ0v) is 17.4. The van der Waals surface area contributed by atoms with Crippen molar-refractivity contribution in [3.8, 4) is 0 Å². The van der Waals surface area contributed by atoms with E-state index in [-0.39, 0.29) is 42.0 Å². The highest BCUT2D eigenvalue weighted by Crippen LogP contribution is 2.33. The minimum Gasteiger partial charge on any atom is -0.396 e. The number of carbonyl (C=O) groups is 3. The molecule has 1 unspecified atom stereocenters. The smallest absolute Gasteiger partial charge is 0.243 e. The van der Waals surface area contributed by atoms with Gasteiger partial charge in [0, 0.05) is 38.3 Å². The molecule has 8 nitrogen and oxygen atoms in total. The summed E-state index contributed by atoms with van der Waals surface area (Å²) in [4.78, 5) is 38.1. The van der Waals surface area contributed by atoms with Crippen molar-refractivity contribution in [2.45, 2.75) is 49.8 Å². The molecule has 2 rings (SSSR count). The number of methoxy groups -OCH3 is 1. The number of amides is 3. The molecule has 9 heteroatoms. The molecule has 1 saturated heterocycles. The molecule has 0 spiro atoms.